The molecule has 2 rings (SSSR count). The first kappa shape index (κ1) is 13.8. The lowest BCUT2D eigenvalue weighted by molar-refractivity contribution is 0.441. The predicted molar refractivity (Wildman–Crippen MR) is 79.0 cm³/mol. The molecule has 0 amide bonds. The maximum absolute atomic E-state index is 12.0. The highest BCUT2D eigenvalue weighted by Crippen LogP contribution is 2.30. The number of aromatic nitrogens is 1. The number of nitrogens with one attached hydrogen (secondary N) is 2. The zero-order valence-corrected chi connectivity index (χ0v) is 11.8. The smallest absolute Gasteiger partial charge is 0.251 e. The summed E-state index contributed by atoms with van der Waals surface area (Å²) in [5, 5.41) is 3.23. The average Bonchev–Trinajstić information content (AvgIpc) is 2.46. The second kappa shape index (κ2) is 6.55. The summed E-state index contributed by atoms with van der Waals surface area (Å²) in [4.78, 5) is 19.1. The van der Waals surface area contributed by atoms with Crippen molar-refractivity contribution in [2.45, 2.75) is 44.9 Å². The molecule has 1 aromatic heterocycles. The van der Waals surface area contributed by atoms with Gasteiger partial charge in [0.05, 0.1) is 0 Å². The van der Waals surface area contributed by atoms with Crippen LogP contribution in [0.15, 0.2) is 22.1 Å². The standard InChI is InChI=1S/C15H23N3O/c1-3-17-14(16-2)12-9-13(15(19)18-10-12)11-7-5-4-6-8-11/h9-11H,3-8H2,1-2H3,(H,16,17)(H,18,19). The van der Waals surface area contributed by atoms with Gasteiger partial charge in [0.1, 0.15) is 5.84 Å². The van der Waals surface area contributed by atoms with Crippen LogP contribution in [0.25, 0.3) is 0 Å². The molecule has 19 heavy (non-hydrogen) atoms. The minimum atomic E-state index is 0.0580. The fourth-order valence-corrected chi connectivity index (χ4v) is 2.83. The molecule has 1 heterocycles. The first-order valence-corrected chi connectivity index (χ1v) is 7.20. The van der Waals surface area contributed by atoms with E-state index in [2.05, 4.69) is 15.3 Å². The number of aliphatic imine (C=N–C) groups is 1. The van der Waals surface area contributed by atoms with Crippen molar-refractivity contribution in [1.82, 2.24) is 10.3 Å². The second-order valence-electron chi connectivity index (χ2n) is 5.11. The van der Waals surface area contributed by atoms with Gasteiger partial charge >= 0.3 is 0 Å². The van der Waals surface area contributed by atoms with Gasteiger partial charge in [0.2, 0.25) is 0 Å². The molecule has 1 aromatic rings. The molecular weight excluding hydrogens is 238 g/mol. The van der Waals surface area contributed by atoms with Crippen molar-refractivity contribution in [3.63, 3.8) is 0 Å². The summed E-state index contributed by atoms with van der Waals surface area (Å²) < 4.78 is 0. The van der Waals surface area contributed by atoms with Gasteiger partial charge in [-0.15, -0.1) is 0 Å². The fourth-order valence-electron chi connectivity index (χ4n) is 2.83. The van der Waals surface area contributed by atoms with Crippen molar-refractivity contribution in [3.8, 4) is 0 Å². The summed E-state index contributed by atoms with van der Waals surface area (Å²) in [5.74, 6) is 1.26. The summed E-state index contributed by atoms with van der Waals surface area (Å²) in [5.41, 5.74) is 1.96. The minimum Gasteiger partial charge on any atom is -0.370 e. The van der Waals surface area contributed by atoms with E-state index in [1.807, 2.05) is 13.0 Å². The average molecular weight is 261 g/mol. The molecule has 1 fully saturated rings. The monoisotopic (exact) mass is 261 g/mol. The lowest BCUT2D eigenvalue weighted by atomic mass is 9.84. The molecule has 0 aromatic carbocycles. The Morgan fingerprint density at radius 1 is 1.42 bits per heavy atom. The number of aromatic amines is 1. The Kier molecular flexibility index (Phi) is 4.77. The van der Waals surface area contributed by atoms with Gasteiger partial charge in [0.25, 0.3) is 5.56 Å². The van der Waals surface area contributed by atoms with Crippen LogP contribution in [0.1, 0.15) is 56.1 Å². The van der Waals surface area contributed by atoms with Crippen LogP contribution >= 0.6 is 0 Å². The largest absolute Gasteiger partial charge is 0.370 e. The summed E-state index contributed by atoms with van der Waals surface area (Å²) in [6, 6.07) is 2.01. The normalized spacial score (nSPS) is 17.5. The number of hydrogen-bond donors (Lipinski definition) is 2. The van der Waals surface area contributed by atoms with Crippen molar-refractivity contribution in [3.05, 3.63) is 33.7 Å². The fraction of sp³-hybridized carbons (Fsp3) is 0.600. The van der Waals surface area contributed by atoms with Gasteiger partial charge in [0, 0.05) is 30.9 Å². The summed E-state index contributed by atoms with van der Waals surface area (Å²) in [6.45, 7) is 2.86. The van der Waals surface area contributed by atoms with E-state index >= 15 is 0 Å². The van der Waals surface area contributed by atoms with Gasteiger partial charge in [-0.3, -0.25) is 9.79 Å². The van der Waals surface area contributed by atoms with Crippen molar-refractivity contribution < 1.29 is 0 Å². The van der Waals surface area contributed by atoms with Crippen molar-refractivity contribution in [1.29, 1.82) is 0 Å². The second-order valence-corrected chi connectivity index (χ2v) is 5.11. The first-order chi connectivity index (χ1) is 9.26. The summed E-state index contributed by atoms with van der Waals surface area (Å²) >= 11 is 0. The SMILES string of the molecule is CCNC(=NC)c1c[nH]c(=O)c(C2CCCCC2)c1. The van der Waals surface area contributed by atoms with Crippen LogP contribution in [0.2, 0.25) is 0 Å². The molecule has 4 heteroatoms. The number of rotatable bonds is 3. The van der Waals surface area contributed by atoms with Gasteiger partial charge in [-0.25, -0.2) is 0 Å². The van der Waals surface area contributed by atoms with Crippen LogP contribution in [0.3, 0.4) is 0 Å². The Bertz CT molecular complexity index is 498. The highest BCUT2D eigenvalue weighted by Gasteiger charge is 2.19. The zero-order valence-electron chi connectivity index (χ0n) is 11.8. The van der Waals surface area contributed by atoms with Gasteiger partial charge in [0.15, 0.2) is 0 Å². The van der Waals surface area contributed by atoms with Crippen molar-refractivity contribution >= 4 is 5.84 Å². The lowest BCUT2D eigenvalue weighted by Crippen LogP contribution is -2.26. The molecule has 0 spiro atoms. The third-order valence-corrected chi connectivity index (χ3v) is 3.82. The molecule has 0 saturated heterocycles. The molecule has 1 aliphatic carbocycles. The minimum absolute atomic E-state index is 0.0580. The highest BCUT2D eigenvalue weighted by molar-refractivity contribution is 5.98. The molecular formula is C15H23N3O. The molecule has 4 nitrogen and oxygen atoms in total. The Hall–Kier alpha value is -1.58. The molecule has 2 N–H and O–H groups in total. The Morgan fingerprint density at radius 3 is 2.79 bits per heavy atom. The van der Waals surface area contributed by atoms with Crippen LogP contribution in [0, 0.1) is 0 Å². The van der Waals surface area contributed by atoms with Gasteiger partial charge < -0.3 is 10.3 Å². The molecule has 0 aliphatic heterocycles. The Balaban J connectivity index is 2.30. The number of nitrogens with zero attached hydrogens (tertiary/aromatic N) is 1. The van der Waals surface area contributed by atoms with Crippen LogP contribution in [-0.4, -0.2) is 24.4 Å². The van der Waals surface area contributed by atoms with E-state index in [0.717, 1.165) is 36.3 Å². The van der Waals surface area contributed by atoms with Crippen LogP contribution in [-0.2, 0) is 0 Å². The van der Waals surface area contributed by atoms with E-state index in [1.54, 1.807) is 13.2 Å². The Labute approximate surface area is 114 Å². The van der Waals surface area contributed by atoms with Crippen LogP contribution in [0.5, 0.6) is 0 Å². The van der Waals surface area contributed by atoms with Crippen molar-refractivity contribution in [2.24, 2.45) is 4.99 Å². The summed E-state index contributed by atoms with van der Waals surface area (Å²) in [6.07, 6.45) is 7.78. The number of H-pyrrole nitrogens is 1. The molecule has 0 atom stereocenters. The Morgan fingerprint density at radius 2 is 2.16 bits per heavy atom. The molecule has 104 valence electrons. The van der Waals surface area contributed by atoms with E-state index < -0.39 is 0 Å². The zero-order chi connectivity index (χ0) is 13.7. The summed E-state index contributed by atoms with van der Waals surface area (Å²) in [7, 11) is 1.77. The first-order valence-electron chi connectivity index (χ1n) is 7.20. The van der Waals surface area contributed by atoms with E-state index in [1.165, 1.54) is 19.3 Å². The quantitative estimate of drug-likeness (QED) is 0.648. The number of pyridine rings is 1. The maximum Gasteiger partial charge on any atom is 0.251 e. The molecule has 1 aliphatic rings. The van der Waals surface area contributed by atoms with E-state index in [9.17, 15) is 4.79 Å². The molecule has 1 saturated carbocycles. The molecule has 0 radical (unpaired) electrons. The van der Waals surface area contributed by atoms with E-state index in [4.69, 9.17) is 0 Å². The molecule has 0 unspecified atom stereocenters. The number of hydrogen-bond acceptors (Lipinski definition) is 2. The van der Waals surface area contributed by atoms with E-state index in [-0.39, 0.29) is 5.56 Å². The van der Waals surface area contributed by atoms with Gasteiger partial charge in [-0.05, 0) is 31.7 Å². The van der Waals surface area contributed by atoms with Crippen molar-refractivity contribution in [2.75, 3.05) is 13.6 Å². The third-order valence-electron chi connectivity index (χ3n) is 3.82. The maximum atomic E-state index is 12.0. The van der Waals surface area contributed by atoms with E-state index in [0.29, 0.717) is 5.92 Å². The lowest BCUT2D eigenvalue weighted by Gasteiger charge is -2.21. The van der Waals surface area contributed by atoms with Gasteiger partial charge in [-0.1, -0.05) is 19.3 Å². The topological polar surface area (TPSA) is 57.2 Å². The highest BCUT2D eigenvalue weighted by atomic mass is 16.1. The van der Waals surface area contributed by atoms with Gasteiger partial charge in [-0.2, -0.15) is 0 Å². The van der Waals surface area contributed by atoms with Crippen LogP contribution < -0.4 is 10.9 Å². The molecule has 0 bridgehead atoms. The predicted octanol–water partition coefficient (Wildman–Crippen LogP) is 2.41. The number of amidine groups is 1. The van der Waals surface area contributed by atoms with Crippen LogP contribution in [0.4, 0.5) is 0 Å². The third kappa shape index (κ3) is 3.25.